The van der Waals surface area contributed by atoms with Crippen molar-refractivity contribution in [3.8, 4) is 0 Å². The van der Waals surface area contributed by atoms with E-state index in [1.54, 1.807) is 0 Å². The molecule has 1 saturated carbocycles. The molecule has 3 amide bonds. The van der Waals surface area contributed by atoms with Crippen LogP contribution in [-0.4, -0.2) is 42.9 Å². The van der Waals surface area contributed by atoms with Gasteiger partial charge in [-0.25, -0.2) is 9.59 Å². The van der Waals surface area contributed by atoms with E-state index in [0.717, 1.165) is 12.8 Å². The molecule has 1 fully saturated rings. The summed E-state index contributed by atoms with van der Waals surface area (Å²) in [5.41, 5.74) is 3.89. The average Bonchev–Trinajstić information content (AvgIpc) is 2.43. The monoisotopic (exact) mass is 301 g/mol. The van der Waals surface area contributed by atoms with Crippen LogP contribution >= 0.6 is 0 Å². The third-order valence-electron chi connectivity index (χ3n) is 3.90. The predicted octanol–water partition coefficient (Wildman–Crippen LogP) is 0.662. The SMILES string of the molecule is CC1CCC(CNC(=O)NCCOC(N)=O)(C(=O)O)CC1. The minimum Gasteiger partial charge on any atom is -0.481 e. The standard InChI is InChI=1S/C13H23N3O5/c1-9-2-4-13(5-3-9,10(17)18)8-16-12(20)15-6-7-21-11(14)19/h9H,2-8H2,1H3,(H2,14,19)(H,17,18)(H2,15,16,20). The lowest BCUT2D eigenvalue weighted by atomic mass is 9.71. The van der Waals surface area contributed by atoms with Gasteiger partial charge in [-0.2, -0.15) is 0 Å². The van der Waals surface area contributed by atoms with Crippen LogP contribution in [0, 0.1) is 11.3 Å². The van der Waals surface area contributed by atoms with Gasteiger partial charge in [-0.3, -0.25) is 4.79 Å². The van der Waals surface area contributed by atoms with Gasteiger partial charge < -0.3 is 26.2 Å². The highest BCUT2D eigenvalue weighted by Crippen LogP contribution is 2.38. The highest BCUT2D eigenvalue weighted by Gasteiger charge is 2.41. The number of primary amides is 1. The number of carbonyl (C=O) groups excluding carboxylic acids is 2. The van der Waals surface area contributed by atoms with Crippen LogP contribution in [0.4, 0.5) is 9.59 Å². The van der Waals surface area contributed by atoms with Gasteiger partial charge in [0.2, 0.25) is 0 Å². The number of nitrogens with two attached hydrogens (primary N) is 1. The largest absolute Gasteiger partial charge is 0.481 e. The van der Waals surface area contributed by atoms with Crippen LogP contribution in [0.15, 0.2) is 0 Å². The zero-order valence-corrected chi connectivity index (χ0v) is 12.2. The van der Waals surface area contributed by atoms with Crippen molar-refractivity contribution in [1.29, 1.82) is 0 Å². The summed E-state index contributed by atoms with van der Waals surface area (Å²) >= 11 is 0. The Morgan fingerprint density at radius 1 is 1.29 bits per heavy atom. The quantitative estimate of drug-likeness (QED) is 0.535. The van der Waals surface area contributed by atoms with Crippen LogP contribution in [-0.2, 0) is 9.53 Å². The summed E-state index contributed by atoms with van der Waals surface area (Å²) < 4.78 is 4.46. The Morgan fingerprint density at radius 2 is 1.90 bits per heavy atom. The molecule has 0 atom stereocenters. The first-order chi connectivity index (χ1) is 9.85. The molecule has 5 N–H and O–H groups in total. The van der Waals surface area contributed by atoms with Crippen LogP contribution in [0.2, 0.25) is 0 Å². The minimum absolute atomic E-state index is 0.0235. The van der Waals surface area contributed by atoms with Gasteiger partial charge >= 0.3 is 18.1 Å². The number of amides is 3. The van der Waals surface area contributed by atoms with Crippen molar-refractivity contribution < 1.29 is 24.2 Å². The Bertz CT molecular complexity index is 391. The zero-order valence-electron chi connectivity index (χ0n) is 12.2. The summed E-state index contributed by atoms with van der Waals surface area (Å²) in [6.45, 7) is 2.29. The number of carbonyl (C=O) groups is 3. The number of rotatable bonds is 6. The maximum absolute atomic E-state index is 11.6. The molecular formula is C13H23N3O5. The molecule has 0 aromatic carbocycles. The number of hydrogen-bond donors (Lipinski definition) is 4. The van der Waals surface area contributed by atoms with E-state index in [1.165, 1.54) is 0 Å². The van der Waals surface area contributed by atoms with E-state index < -0.39 is 23.5 Å². The molecule has 0 bridgehead atoms. The minimum atomic E-state index is -0.904. The van der Waals surface area contributed by atoms with Gasteiger partial charge in [-0.1, -0.05) is 6.92 Å². The normalized spacial score (nSPS) is 24.9. The van der Waals surface area contributed by atoms with E-state index in [9.17, 15) is 19.5 Å². The molecule has 0 aromatic rings. The van der Waals surface area contributed by atoms with Crippen LogP contribution in [0.5, 0.6) is 0 Å². The fourth-order valence-corrected chi connectivity index (χ4v) is 2.41. The maximum atomic E-state index is 11.6. The van der Waals surface area contributed by atoms with Gasteiger partial charge in [0.25, 0.3) is 0 Å². The number of hydrogen-bond acceptors (Lipinski definition) is 4. The smallest absolute Gasteiger partial charge is 0.404 e. The van der Waals surface area contributed by atoms with Crippen LogP contribution in [0.1, 0.15) is 32.6 Å². The number of aliphatic carboxylic acids is 1. The highest BCUT2D eigenvalue weighted by molar-refractivity contribution is 5.78. The van der Waals surface area contributed by atoms with Gasteiger partial charge in [0, 0.05) is 6.54 Å². The number of ether oxygens (including phenoxy) is 1. The third-order valence-corrected chi connectivity index (χ3v) is 3.90. The number of nitrogens with one attached hydrogen (secondary N) is 2. The van der Waals surface area contributed by atoms with Gasteiger partial charge in [0.05, 0.1) is 12.0 Å². The molecule has 1 aliphatic carbocycles. The topological polar surface area (TPSA) is 131 Å². The molecule has 0 heterocycles. The second-order valence-corrected chi connectivity index (χ2v) is 5.54. The molecule has 1 rings (SSSR count). The Kier molecular flexibility index (Phi) is 6.26. The maximum Gasteiger partial charge on any atom is 0.404 e. The molecule has 0 saturated heterocycles. The molecular weight excluding hydrogens is 278 g/mol. The molecule has 8 heteroatoms. The van der Waals surface area contributed by atoms with E-state index in [2.05, 4.69) is 22.3 Å². The molecule has 0 spiro atoms. The lowest BCUT2D eigenvalue weighted by molar-refractivity contribution is -0.151. The van der Waals surface area contributed by atoms with Gasteiger partial charge in [0.15, 0.2) is 0 Å². The van der Waals surface area contributed by atoms with Crippen molar-refractivity contribution in [2.75, 3.05) is 19.7 Å². The molecule has 21 heavy (non-hydrogen) atoms. The van der Waals surface area contributed by atoms with Crippen LogP contribution < -0.4 is 16.4 Å². The Morgan fingerprint density at radius 3 is 2.43 bits per heavy atom. The van der Waals surface area contributed by atoms with Gasteiger partial charge in [0.1, 0.15) is 6.61 Å². The van der Waals surface area contributed by atoms with Gasteiger partial charge in [-0.05, 0) is 31.6 Å². The molecule has 0 unspecified atom stereocenters. The summed E-state index contributed by atoms with van der Waals surface area (Å²) in [4.78, 5) is 33.4. The summed E-state index contributed by atoms with van der Waals surface area (Å²) in [6.07, 6.45) is 1.92. The van der Waals surface area contributed by atoms with Crippen molar-refractivity contribution in [1.82, 2.24) is 10.6 Å². The van der Waals surface area contributed by atoms with Gasteiger partial charge in [-0.15, -0.1) is 0 Å². The van der Waals surface area contributed by atoms with E-state index in [-0.39, 0.29) is 19.7 Å². The first-order valence-electron chi connectivity index (χ1n) is 7.03. The fraction of sp³-hybridized carbons (Fsp3) is 0.769. The third kappa shape index (κ3) is 5.49. The van der Waals surface area contributed by atoms with Crippen molar-refractivity contribution in [2.24, 2.45) is 17.1 Å². The highest BCUT2D eigenvalue weighted by atomic mass is 16.5. The number of carboxylic acids is 1. The molecule has 8 nitrogen and oxygen atoms in total. The van der Waals surface area contributed by atoms with Crippen LogP contribution in [0.3, 0.4) is 0 Å². The lowest BCUT2D eigenvalue weighted by Gasteiger charge is -2.35. The molecule has 1 aliphatic rings. The first-order valence-corrected chi connectivity index (χ1v) is 7.03. The molecule has 120 valence electrons. The Labute approximate surface area is 123 Å². The van der Waals surface area contributed by atoms with Crippen LogP contribution in [0.25, 0.3) is 0 Å². The van der Waals surface area contributed by atoms with Crippen molar-refractivity contribution in [3.63, 3.8) is 0 Å². The second kappa shape index (κ2) is 7.70. The van der Waals surface area contributed by atoms with Crippen molar-refractivity contribution >= 4 is 18.1 Å². The number of carboxylic acid groups (broad SMARTS) is 1. The predicted molar refractivity (Wildman–Crippen MR) is 74.6 cm³/mol. The summed E-state index contributed by atoms with van der Waals surface area (Å²) in [6, 6.07) is -0.484. The zero-order chi connectivity index (χ0) is 15.9. The fourth-order valence-electron chi connectivity index (χ4n) is 2.41. The lowest BCUT2D eigenvalue weighted by Crippen LogP contribution is -2.48. The van der Waals surface area contributed by atoms with E-state index in [0.29, 0.717) is 18.8 Å². The summed E-state index contributed by atoms with van der Waals surface area (Å²) in [5.74, 6) is -0.344. The second-order valence-electron chi connectivity index (χ2n) is 5.54. The van der Waals surface area contributed by atoms with Crippen molar-refractivity contribution in [2.45, 2.75) is 32.6 Å². The van der Waals surface area contributed by atoms with E-state index >= 15 is 0 Å². The molecule has 0 aliphatic heterocycles. The van der Waals surface area contributed by atoms with E-state index in [4.69, 9.17) is 5.73 Å². The molecule has 0 aromatic heterocycles. The Balaban J connectivity index is 2.35. The molecule has 0 radical (unpaired) electrons. The van der Waals surface area contributed by atoms with Crippen molar-refractivity contribution in [3.05, 3.63) is 0 Å². The first kappa shape index (κ1) is 17.1. The number of urea groups is 1. The summed E-state index contributed by atoms with van der Waals surface area (Å²) in [5, 5.41) is 14.5. The summed E-state index contributed by atoms with van der Waals surface area (Å²) in [7, 11) is 0. The average molecular weight is 301 g/mol. The van der Waals surface area contributed by atoms with E-state index in [1.807, 2.05) is 0 Å². The Hall–Kier alpha value is -1.99.